The molecule has 0 aliphatic carbocycles. The Morgan fingerprint density at radius 3 is 1.09 bits per heavy atom. The normalized spacial score (nSPS) is 12.2. The van der Waals surface area contributed by atoms with Crippen molar-refractivity contribution in [2.24, 2.45) is 0 Å². The summed E-state index contributed by atoms with van der Waals surface area (Å²) in [5, 5.41) is 0. The zero-order valence-corrected chi connectivity index (χ0v) is 7.58. The van der Waals surface area contributed by atoms with Crippen LogP contribution in [-0.2, 0) is 51.8 Å². The molecule has 0 fully saturated rings. The predicted molar refractivity (Wildman–Crippen MR) is 25.3 cm³/mol. The fourth-order valence-corrected chi connectivity index (χ4v) is 0.632. The second-order valence-corrected chi connectivity index (χ2v) is 2.97. The van der Waals surface area contributed by atoms with Crippen molar-refractivity contribution in [2.45, 2.75) is 0 Å². The smallest absolute Gasteiger partial charge is 0.262 e. The first-order valence-corrected chi connectivity index (χ1v) is 4.26. The van der Waals surface area contributed by atoms with Crippen molar-refractivity contribution in [1.82, 2.24) is 0 Å². The summed E-state index contributed by atoms with van der Waals surface area (Å²) in [6.45, 7) is 0. The van der Waals surface area contributed by atoms with Crippen molar-refractivity contribution in [1.29, 1.82) is 0 Å². The molecule has 0 aromatic heterocycles. The summed E-state index contributed by atoms with van der Waals surface area (Å²) >= 11 is 0. The number of hydrogen-bond donors (Lipinski definition) is 2. The summed E-state index contributed by atoms with van der Waals surface area (Å²) in [4.78, 5) is 0. The summed E-state index contributed by atoms with van der Waals surface area (Å²) in [6.07, 6.45) is 0. The fourth-order valence-electron chi connectivity index (χ4n) is 0.0702. The van der Waals surface area contributed by atoms with E-state index in [9.17, 15) is 16.8 Å². The molecular weight excluding hydrogens is 300 g/mol. The van der Waals surface area contributed by atoms with Gasteiger partial charge in [0.05, 0.1) is 0 Å². The van der Waals surface area contributed by atoms with Gasteiger partial charge in [0.25, 0.3) is 0 Å². The molecule has 11 heteroatoms. The molecule has 0 saturated heterocycles. The van der Waals surface area contributed by atoms with E-state index in [0.717, 1.165) is 0 Å². The molecule has 8 nitrogen and oxygen atoms in total. The van der Waals surface area contributed by atoms with E-state index in [1.807, 2.05) is 0 Å². The Labute approximate surface area is 77.8 Å². The third kappa shape index (κ3) is 13.5. The first kappa shape index (κ1) is 14.0. The van der Waals surface area contributed by atoms with Gasteiger partial charge < -0.3 is 0 Å². The molecule has 0 aliphatic rings. The van der Waals surface area contributed by atoms with Gasteiger partial charge in [-0.3, -0.25) is 9.11 Å². The molecular formula is H2AgO8S2. The zero-order chi connectivity index (χ0) is 8.41. The summed E-state index contributed by atoms with van der Waals surface area (Å²) in [7, 11) is -10.0. The topological polar surface area (TPSA) is 127 Å². The Morgan fingerprint density at radius 1 is 0.818 bits per heavy atom. The largest absolute Gasteiger partial charge is 0.425 e. The van der Waals surface area contributed by atoms with E-state index in [-0.39, 0.29) is 22.4 Å². The SMILES string of the molecule is O=S(=O)(O)OOS(=O)(=O)O.[Ag]. The minimum atomic E-state index is -5.02. The van der Waals surface area contributed by atoms with Gasteiger partial charge in [0.15, 0.2) is 0 Å². The van der Waals surface area contributed by atoms with E-state index in [4.69, 9.17) is 9.11 Å². The predicted octanol–water partition coefficient (Wildman–Crippen LogP) is -1.46. The van der Waals surface area contributed by atoms with Gasteiger partial charge >= 0.3 is 20.8 Å². The molecule has 0 aromatic rings. The average Bonchev–Trinajstić information content (AvgIpc) is 1.57. The van der Waals surface area contributed by atoms with Crippen molar-refractivity contribution in [2.75, 3.05) is 0 Å². The van der Waals surface area contributed by atoms with Crippen LogP contribution in [0.4, 0.5) is 0 Å². The van der Waals surface area contributed by atoms with E-state index in [2.05, 4.69) is 8.67 Å². The van der Waals surface area contributed by atoms with Crippen molar-refractivity contribution in [3.8, 4) is 0 Å². The van der Waals surface area contributed by atoms with Gasteiger partial charge in [-0.2, -0.15) is 16.8 Å². The molecule has 0 heterocycles. The summed E-state index contributed by atoms with van der Waals surface area (Å²) in [5.74, 6) is 0. The third-order valence-electron chi connectivity index (χ3n) is 0.200. The maximum Gasteiger partial charge on any atom is 0.425 e. The summed E-state index contributed by atoms with van der Waals surface area (Å²) < 4.78 is 58.9. The quantitative estimate of drug-likeness (QED) is 0.280. The first-order valence-electron chi connectivity index (χ1n) is 1.53. The van der Waals surface area contributed by atoms with Crippen molar-refractivity contribution in [3.05, 3.63) is 0 Å². The Morgan fingerprint density at radius 2 is 1.00 bits per heavy atom. The maximum atomic E-state index is 9.51. The molecule has 1 radical (unpaired) electrons. The van der Waals surface area contributed by atoms with E-state index in [1.54, 1.807) is 0 Å². The van der Waals surface area contributed by atoms with E-state index >= 15 is 0 Å². The van der Waals surface area contributed by atoms with E-state index in [1.165, 1.54) is 0 Å². The van der Waals surface area contributed by atoms with Crippen LogP contribution in [0.1, 0.15) is 0 Å². The molecule has 73 valence electrons. The number of hydrogen-bond acceptors (Lipinski definition) is 6. The zero-order valence-electron chi connectivity index (χ0n) is 4.46. The Balaban J connectivity index is 0. The van der Waals surface area contributed by atoms with Crippen LogP contribution in [0.2, 0.25) is 0 Å². The Kier molecular flexibility index (Phi) is 5.73. The molecule has 0 aliphatic heterocycles. The second-order valence-electron chi connectivity index (χ2n) is 0.992. The van der Waals surface area contributed by atoms with Crippen LogP contribution < -0.4 is 0 Å². The molecule has 0 saturated carbocycles. The van der Waals surface area contributed by atoms with E-state index < -0.39 is 20.8 Å². The van der Waals surface area contributed by atoms with Gasteiger partial charge in [0.2, 0.25) is 0 Å². The maximum absolute atomic E-state index is 9.51. The van der Waals surface area contributed by atoms with Gasteiger partial charge in [0.1, 0.15) is 0 Å². The van der Waals surface area contributed by atoms with Crippen LogP contribution in [0.25, 0.3) is 0 Å². The van der Waals surface area contributed by atoms with Gasteiger partial charge in [-0.25, -0.2) is 0 Å². The minimum Gasteiger partial charge on any atom is -0.262 e. The fraction of sp³-hybridized carbons (Fsp3) is 0. The standard InChI is InChI=1S/Ag.H2O8S2/c;1-9(2,3)7-8-10(4,5)6/h;(H,1,2,3)(H,4,5,6). The van der Waals surface area contributed by atoms with Crippen LogP contribution in [0.15, 0.2) is 0 Å². The van der Waals surface area contributed by atoms with Crippen LogP contribution in [0, 0.1) is 0 Å². The third-order valence-corrected chi connectivity index (χ3v) is 0.766. The van der Waals surface area contributed by atoms with Gasteiger partial charge in [-0.05, 0) is 0 Å². The van der Waals surface area contributed by atoms with Gasteiger partial charge in [-0.15, -0.1) is 0 Å². The van der Waals surface area contributed by atoms with E-state index in [0.29, 0.717) is 0 Å². The molecule has 0 unspecified atom stereocenters. The number of rotatable bonds is 3. The molecule has 0 aromatic carbocycles. The minimum absolute atomic E-state index is 0. The molecule has 0 amide bonds. The van der Waals surface area contributed by atoms with Crippen LogP contribution >= 0.6 is 0 Å². The Hall–Kier alpha value is 0.480. The molecule has 0 bridgehead atoms. The molecule has 0 atom stereocenters. The average molecular weight is 302 g/mol. The van der Waals surface area contributed by atoms with Crippen molar-refractivity contribution in [3.63, 3.8) is 0 Å². The van der Waals surface area contributed by atoms with Crippen molar-refractivity contribution >= 4 is 20.8 Å². The molecule has 11 heavy (non-hydrogen) atoms. The molecule has 2 N–H and O–H groups in total. The molecule has 0 rings (SSSR count). The molecule has 0 spiro atoms. The van der Waals surface area contributed by atoms with Gasteiger partial charge in [0, 0.05) is 22.4 Å². The second kappa shape index (κ2) is 4.49. The van der Waals surface area contributed by atoms with Crippen LogP contribution in [0.5, 0.6) is 0 Å². The summed E-state index contributed by atoms with van der Waals surface area (Å²) in [5.41, 5.74) is 0. The van der Waals surface area contributed by atoms with Gasteiger partial charge in [-0.1, -0.05) is 8.67 Å². The van der Waals surface area contributed by atoms with Crippen LogP contribution in [-0.4, -0.2) is 25.9 Å². The Bertz CT molecular complexity index is 248. The summed E-state index contributed by atoms with van der Waals surface area (Å²) in [6, 6.07) is 0. The first-order chi connectivity index (χ1) is 4.21. The van der Waals surface area contributed by atoms with Crippen LogP contribution in [0.3, 0.4) is 0 Å². The van der Waals surface area contributed by atoms with Crippen molar-refractivity contribution < 1.29 is 57.0 Å². The monoisotopic (exact) mass is 301 g/mol.